The van der Waals surface area contributed by atoms with Crippen LogP contribution in [-0.4, -0.2) is 41.8 Å². The fourth-order valence-electron chi connectivity index (χ4n) is 5.20. The Morgan fingerprint density at radius 3 is 2.24 bits per heavy atom. The largest absolute Gasteiger partial charge is 0.444 e. The molecule has 0 N–H and O–H groups in total. The molecular formula is C35H37NO5. The molecule has 1 aliphatic rings. The highest BCUT2D eigenvalue weighted by Crippen LogP contribution is 2.32. The van der Waals surface area contributed by atoms with Crippen molar-refractivity contribution in [1.29, 1.82) is 0 Å². The van der Waals surface area contributed by atoms with E-state index in [1.165, 1.54) is 10.8 Å². The molecule has 0 radical (unpaired) electrons. The normalized spacial score (nSPS) is 17.3. The average Bonchev–Trinajstić information content (AvgIpc) is 2.96. The molecule has 0 aliphatic carbocycles. The van der Waals surface area contributed by atoms with Gasteiger partial charge in [-0.15, -0.1) is 0 Å². The molecule has 4 aromatic rings. The van der Waals surface area contributed by atoms with Crippen molar-refractivity contribution in [2.75, 3.05) is 13.1 Å². The number of piperidine rings is 1. The summed E-state index contributed by atoms with van der Waals surface area (Å²) in [5.41, 5.74) is 2.53. The highest BCUT2D eigenvalue weighted by atomic mass is 16.6. The third-order valence-corrected chi connectivity index (χ3v) is 7.22. The molecule has 0 saturated carbocycles. The zero-order valence-electron chi connectivity index (χ0n) is 23.9. The molecule has 2 atom stereocenters. The third kappa shape index (κ3) is 7.74. The number of rotatable bonds is 7. The van der Waals surface area contributed by atoms with Crippen LogP contribution in [0.5, 0.6) is 5.75 Å². The smallest absolute Gasteiger partial charge is 0.410 e. The van der Waals surface area contributed by atoms with Gasteiger partial charge in [-0.2, -0.15) is 0 Å². The van der Waals surface area contributed by atoms with Crippen molar-refractivity contribution >= 4 is 22.8 Å². The van der Waals surface area contributed by atoms with Gasteiger partial charge in [-0.25, -0.2) is 4.79 Å². The number of esters is 1. The molecule has 0 spiro atoms. The lowest BCUT2D eigenvalue weighted by molar-refractivity contribution is -0.133. The lowest BCUT2D eigenvalue weighted by Gasteiger charge is -2.39. The minimum Gasteiger partial charge on any atom is -0.444 e. The van der Waals surface area contributed by atoms with Crippen molar-refractivity contribution in [3.05, 3.63) is 114 Å². The second-order valence-electron chi connectivity index (χ2n) is 11.6. The molecule has 0 bridgehead atoms. The monoisotopic (exact) mass is 551 g/mol. The maximum atomic E-state index is 12.9. The van der Waals surface area contributed by atoms with Gasteiger partial charge in [0, 0.05) is 12.5 Å². The van der Waals surface area contributed by atoms with Gasteiger partial charge in [0.2, 0.25) is 0 Å². The second kappa shape index (κ2) is 12.6. The van der Waals surface area contributed by atoms with Gasteiger partial charge in [0.15, 0.2) is 0 Å². The van der Waals surface area contributed by atoms with E-state index in [9.17, 15) is 9.59 Å². The number of nitrogens with zero attached hydrogens (tertiary/aromatic N) is 1. The van der Waals surface area contributed by atoms with Crippen molar-refractivity contribution in [2.24, 2.45) is 0 Å². The molecule has 0 aromatic heterocycles. The Hall–Kier alpha value is -4.16. The molecule has 1 amide bonds. The van der Waals surface area contributed by atoms with E-state index in [-0.39, 0.29) is 30.5 Å². The van der Waals surface area contributed by atoms with Gasteiger partial charge in [-0.05, 0) is 72.9 Å². The SMILES string of the molecule is CC(C)(C)OC(=O)N1CCC(c2ccc(CC(=O)Oc3ccccc3)cc2)C(OCc2ccc3ccccc3c2)C1. The number of para-hydroxylation sites is 1. The molecule has 1 aliphatic heterocycles. The predicted octanol–water partition coefficient (Wildman–Crippen LogP) is 7.30. The molecule has 41 heavy (non-hydrogen) atoms. The molecule has 212 valence electrons. The van der Waals surface area contributed by atoms with Crippen LogP contribution in [0.1, 0.15) is 49.8 Å². The first-order valence-electron chi connectivity index (χ1n) is 14.2. The van der Waals surface area contributed by atoms with Crippen LogP contribution in [-0.2, 0) is 27.3 Å². The summed E-state index contributed by atoms with van der Waals surface area (Å²) in [5, 5.41) is 2.36. The summed E-state index contributed by atoms with van der Waals surface area (Å²) >= 11 is 0. The fourth-order valence-corrected chi connectivity index (χ4v) is 5.20. The molecule has 6 heteroatoms. The first-order valence-corrected chi connectivity index (χ1v) is 14.2. The fraction of sp³-hybridized carbons (Fsp3) is 0.314. The molecule has 1 heterocycles. The number of ether oxygens (including phenoxy) is 3. The van der Waals surface area contributed by atoms with Crippen molar-refractivity contribution in [2.45, 2.75) is 57.8 Å². The Morgan fingerprint density at radius 1 is 0.829 bits per heavy atom. The second-order valence-corrected chi connectivity index (χ2v) is 11.6. The quantitative estimate of drug-likeness (QED) is 0.178. The summed E-state index contributed by atoms with van der Waals surface area (Å²) in [6.07, 6.45) is 0.407. The van der Waals surface area contributed by atoms with Crippen LogP contribution in [0.2, 0.25) is 0 Å². The lowest BCUT2D eigenvalue weighted by Crippen LogP contribution is -2.48. The predicted molar refractivity (Wildman–Crippen MR) is 160 cm³/mol. The van der Waals surface area contributed by atoms with E-state index in [2.05, 4.69) is 42.5 Å². The molecule has 4 aromatic carbocycles. The zero-order chi connectivity index (χ0) is 28.8. The summed E-state index contributed by atoms with van der Waals surface area (Å²) in [6, 6.07) is 31.8. The van der Waals surface area contributed by atoms with E-state index in [1.54, 1.807) is 17.0 Å². The highest BCUT2D eigenvalue weighted by Gasteiger charge is 2.35. The van der Waals surface area contributed by atoms with E-state index in [0.29, 0.717) is 25.4 Å². The van der Waals surface area contributed by atoms with E-state index in [4.69, 9.17) is 14.2 Å². The number of likely N-dealkylation sites (tertiary alicyclic amines) is 1. The summed E-state index contributed by atoms with van der Waals surface area (Å²) < 4.78 is 17.6. The lowest BCUT2D eigenvalue weighted by atomic mass is 9.86. The third-order valence-electron chi connectivity index (χ3n) is 7.22. The van der Waals surface area contributed by atoms with Gasteiger partial charge < -0.3 is 19.1 Å². The average molecular weight is 552 g/mol. The molecular weight excluding hydrogens is 514 g/mol. The van der Waals surface area contributed by atoms with Crippen LogP contribution in [0.4, 0.5) is 4.79 Å². The van der Waals surface area contributed by atoms with Gasteiger partial charge in [-0.1, -0.05) is 78.9 Å². The maximum absolute atomic E-state index is 12.9. The van der Waals surface area contributed by atoms with Gasteiger partial charge >= 0.3 is 12.1 Å². The zero-order valence-corrected chi connectivity index (χ0v) is 23.9. The van der Waals surface area contributed by atoms with E-state index in [0.717, 1.165) is 23.1 Å². The first-order chi connectivity index (χ1) is 19.7. The van der Waals surface area contributed by atoms with Crippen LogP contribution in [0.3, 0.4) is 0 Å². The number of carbonyl (C=O) groups is 2. The van der Waals surface area contributed by atoms with E-state index in [1.807, 2.05) is 63.2 Å². The number of fused-ring (bicyclic) bond motifs is 1. The van der Waals surface area contributed by atoms with E-state index < -0.39 is 5.60 Å². The molecule has 1 fully saturated rings. The molecule has 5 rings (SSSR count). The number of carbonyl (C=O) groups excluding carboxylic acids is 2. The first kappa shape index (κ1) is 28.4. The molecule has 2 unspecified atom stereocenters. The summed E-state index contributed by atoms with van der Waals surface area (Å²) in [4.78, 5) is 27.1. The van der Waals surface area contributed by atoms with Gasteiger partial charge in [0.05, 0.1) is 25.7 Å². The Bertz CT molecular complexity index is 1480. The van der Waals surface area contributed by atoms with E-state index >= 15 is 0 Å². The molecule has 1 saturated heterocycles. The summed E-state index contributed by atoms with van der Waals surface area (Å²) in [7, 11) is 0. The van der Waals surface area contributed by atoms with Crippen molar-refractivity contribution < 1.29 is 23.8 Å². The Labute approximate surface area is 241 Å². The number of hydrogen-bond donors (Lipinski definition) is 0. The minimum atomic E-state index is -0.563. The Morgan fingerprint density at radius 2 is 1.51 bits per heavy atom. The van der Waals surface area contributed by atoms with Crippen LogP contribution >= 0.6 is 0 Å². The van der Waals surface area contributed by atoms with Crippen molar-refractivity contribution in [1.82, 2.24) is 4.90 Å². The summed E-state index contributed by atoms with van der Waals surface area (Å²) in [5.74, 6) is 0.336. The number of amides is 1. The number of hydrogen-bond acceptors (Lipinski definition) is 5. The van der Waals surface area contributed by atoms with Gasteiger partial charge in [0.1, 0.15) is 11.4 Å². The van der Waals surface area contributed by atoms with Crippen molar-refractivity contribution in [3.63, 3.8) is 0 Å². The van der Waals surface area contributed by atoms with Gasteiger partial charge in [0.25, 0.3) is 0 Å². The van der Waals surface area contributed by atoms with Crippen molar-refractivity contribution in [3.8, 4) is 5.75 Å². The topological polar surface area (TPSA) is 65.1 Å². The maximum Gasteiger partial charge on any atom is 0.410 e. The van der Waals surface area contributed by atoms with Crippen LogP contribution in [0, 0.1) is 0 Å². The van der Waals surface area contributed by atoms with Crippen LogP contribution in [0.25, 0.3) is 10.8 Å². The number of benzene rings is 4. The van der Waals surface area contributed by atoms with Gasteiger partial charge in [-0.3, -0.25) is 4.79 Å². The minimum absolute atomic E-state index is 0.0967. The highest BCUT2D eigenvalue weighted by molar-refractivity contribution is 5.83. The molecule has 6 nitrogen and oxygen atoms in total. The standard InChI is InChI=1S/C35H37NO5/c1-35(2,3)41-34(38)36-20-19-31(32(23-36)39-24-26-15-16-27-9-7-8-10-29(27)21-26)28-17-13-25(14-18-28)22-33(37)40-30-11-5-4-6-12-30/h4-18,21,31-32H,19-20,22-24H2,1-3H3. The Kier molecular flexibility index (Phi) is 8.70. The summed E-state index contributed by atoms with van der Waals surface area (Å²) in [6.45, 7) is 7.10. The van der Waals surface area contributed by atoms with Crippen LogP contribution < -0.4 is 4.74 Å². The Balaban J connectivity index is 1.29. The van der Waals surface area contributed by atoms with Crippen LogP contribution in [0.15, 0.2) is 97.1 Å².